The van der Waals surface area contributed by atoms with Crippen LogP contribution in [-0.4, -0.2) is 35.8 Å². The highest BCUT2D eigenvalue weighted by atomic mass is 16.2. The van der Waals surface area contributed by atoms with E-state index in [-0.39, 0.29) is 31.3 Å². The van der Waals surface area contributed by atoms with Crippen LogP contribution < -0.4 is 16.4 Å². The minimum Gasteiger partial charge on any atom is -0.399 e. The molecule has 0 unspecified atom stereocenters. The molecule has 1 heterocycles. The van der Waals surface area contributed by atoms with E-state index in [1.54, 1.807) is 18.2 Å². The lowest BCUT2D eigenvalue weighted by Gasteiger charge is -2.13. The predicted octanol–water partition coefficient (Wildman–Crippen LogP) is 0.458. The molecule has 1 aromatic carbocycles. The molecule has 0 aliphatic carbocycles. The molecule has 1 aliphatic heterocycles. The predicted molar refractivity (Wildman–Crippen MR) is 73.9 cm³/mol. The highest BCUT2D eigenvalue weighted by molar-refractivity contribution is 6.02. The lowest BCUT2D eigenvalue weighted by Crippen LogP contribution is -2.33. The summed E-state index contributed by atoms with van der Waals surface area (Å²) < 4.78 is 0. The van der Waals surface area contributed by atoms with Gasteiger partial charge in [-0.2, -0.15) is 0 Å². The molecule has 0 bridgehead atoms. The van der Waals surface area contributed by atoms with Crippen LogP contribution in [0.25, 0.3) is 0 Å². The van der Waals surface area contributed by atoms with Crippen LogP contribution in [0.15, 0.2) is 18.2 Å². The number of benzene rings is 1. The number of hydrogen-bond acceptors (Lipinski definition) is 4. The van der Waals surface area contributed by atoms with Crippen molar-refractivity contribution in [1.82, 2.24) is 10.2 Å². The Labute approximate surface area is 116 Å². The molecule has 0 atom stereocenters. The van der Waals surface area contributed by atoms with Crippen LogP contribution in [0.1, 0.15) is 12.0 Å². The molecule has 0 spiro atoms. The molecule has 1 aliphatic rings. The van der Waals surface area contributed by atoms with Gasteiger partial charge in [0.1, 0.15) is 0 Å². The molecule has 4 amide bonds. The fourth-order valence-electron chi connectivity index (χ4n) is 1.93. The van der Waals surface area contributed by atoms with E-state index in [1.165, 1.54) is 0 Å². The maximum absolute atomic E-state index is 11.8. The molecular weight excluding hydrogens is 260 g/mol. The molecule has 0 saturated carbocycles. The second-order valence-corrected chi connectivity index (χ2v) is 4.58. The quantitative estimate of drug-likeness (QED) is 0.548. The number of nitrogen functional groups attached to an aromatic ring is 1. The van der Waals surface area contributed by atoms with Gasteiger partial charge in [-0.1, -0.05) is 0 Å². The summed E-state index contributed by atoms with van der Waals surface area (Å²) in [5.41, 5.74) is 7.78. The van der Waals surface area contributed by atoms with Crippen molar-refractivity contribution in [3.8, 4) is 0 Å². The lowest BCUT2D eigenvalue weighted by atomic mass is 10.2. The monoisotopic (exact) mass is 276 g/mol. The Bertz CT molecular complexity index is 555. The average molecular weight is 276 g/mol. The number of aryl methyl sites for hydroxylation is 1. The van der Waals surface area contributed by atoms with E-state index < -0.39 is 6.03 Å². The Morgan fingerprint density at radius 1 is 1.45 bits per heavy atom. The van der Waals surface area contributed by atoms with Crippen LogP contribution in [-0.2, 0) is 9.59 Å². The summed E-state index contributed by atoms with van der Waals surface area (Å²) in [5.74, 6) is -0.572. The Balaban J connectivity index is 1.89. The standard InChI is InChI=1S/C13H16N4O3/c1-8-6-9(14)2-3-10(8)16-11(18)4-5-17-12(19)7-15-13(17)20/h2-3,6H,4-5,7,14H2,1H3,(H,15,20)(H,16,18). The van der Waals surface area contributed by atoms with E-state index in [4.69, 9.17) is 5.73 Å². The van der Waals surface area contributed by atoms with Crippen molar-refractivity contribution in [3.63, 3.8) is 0 Å². The first-order chi connectivity index (χ1) is 9.47. The summed E-state index contributed by atoms with van der Waals surface area (Å²) in [6.45, 7) is 1.91. The van der Waals surface area contributed by atoms with Crippen molar-refractivity contribution in [2.75, 3.05) is 24.1 Å². The largest absolute Gasteiger partial charge is 0.399 e. The van der Waals surface area contributed by atoms with Crippen LogP contribution in [0, 0.1) is 6.92 Å². The van der Waals surface area contributed by atoms with Crippen molar-refractivity contribution in [1.29, 1.82) is 0 Å². The summed E-state index contributed by atoms with van der Waals surface area (Å²) >= 11 is 0. The molecule has 106 valence electrons. The fourth-order valence-corrected chi connectivity index (χ4v) is 1.93. The Hall–Kier alpha value is -2.57. The van der Waals surface area contributed by atoms with Gasteiger partial charge in [0.15, 0.2) is 0 Å². The maximum atomic E-state index is 11.8. The summed E-state index contributed by atoms with van der Waals surface area (Å²) in [7, 11) is 0. The van der Waals surface area contributed by atoms with Gasteiger partial charge in [-0.05, 0) is 30.7 Å². The highest BCUT2D eigenvalue weighted by Gasteiger charge is 2.28. The number of carbonyl (C=O) groups is 3. The molecule has 4 N–H and O–H groups in total. The topological polar surface area (TPSA) is 105 Å². The summed E-state index contributed by atoms with van der Waals surface area (Å²) in [6, 6.07) is 4.72. The minimum absolute atomic E-state index is 0.00246. The van der Waals surface area contributed by atoms with E-state index in [2.05, 4.69) is 10.6 Å². The first-order valence-corrected chi connectivity index (χ1v) is 6.21. The van der Waals surface area contributed by atoms with Crippen molar-refractivity contribution < 1.29 is 14.4 Å². The summed E-state index contributed by atoms with van der Waals surface area (Å²) in [4.78, 5) is 35.5. The van der Waals surface area contributed by atoms with E-state index in [9.17, 15) is 14.4 Å². The number of nitrogens with two attached hydrogens (primary N) is 1. The Kier molecular flexibility index (Phi) is 3.88. The van der Waals surface area contributed by atoms with E-state index in [1.807, 2.05) is 6.92 Å². The van der Waals surface area contributed by atoms with Gasteiger partial charge in [-0.15, -0.1) is 0 Å². The Morgan fingerprint density at radius 2 is 2.20 bits per heavy atom. The number of hydrogen-bond donors (Lipinski definition) is 3. The van der Waals surface area contributed by atoms with Gasteiger partial charge in [0.25, 0.3) is 0 Å². The highest BCUT2D eigenvalue weighted by Crippen LogP contribution is 2.17. The second kappa shape index (κ2) is 5.60. The number of imide groups is 1. The molecular formula is C13H16N4O3. The van der Waals surface area contributed by atoms with E-state index >= 15 is 0 Å². The summed E-state index contributed by atoms with van der Waals surface area (Å²) in [5, 5.41) is 5.13. The third-order valence-corrected chi connectivity index (χ3v) is 3.02. The molecule has 1 aromatic rings. The smallest absolute Gasteiger partial charge is 0.324 e. The molecule has 2 rings (SSSR count). The Morgan fingerprint density at radius 3 is 2.80 bits per heavy atom. The van der Waals surface area contributed by atoms with Gasteiger partial charge in [-0.3, -0.25) is 14.5 Å². The zero-order valence-corrected chi connectivity index (χ0v) is 11.1. The number of rotatable bonds is 4. The molecule has 1 saturated heterocycles. The van der Waals surface area contributed by atoms with Crippen molar-refractivity contribution in [2.24, 2.45) is 0 Å². The van der Waals surface area contributed by atoms with Gasteiger partial charge < -0.3 is 16.4 Å². The van der Waals surface area contributed by atoms with Crippen molar-refractivity contribution >= 4 is 29.2 Å². The van der Waals surface area contributed by atoms with Gasteiger partial charge in [0.05, 0.1) is 6.54 Å². The van der Waals surface area contributed by atoms with Crippen LogP contribution in [0.5, 0.6) is 0 Å². The first-order valence-electron chi connectivity index (χ1n) is 6.21. The number of nitrogens with one attached hydrogen (secondary N) is 2. The van der Waals surface area contributed by atoms with Gasteiger partial charge in [0.2, 0.25) is 11.8 Å². The molecule has 0 radical (unpaired) electrons. The normalized spacial score (nSPS) is 14.3. The first kappa shape index (κ1) is 13.9. The number of nitrogens with zero attached hydrogens (tertiary/aromatic N) is 1. The zero-order chi connectivity index (χ0) is 14.7. The van der Waals surface area contributed by atoms with Crippen LogP contribution in [0.3, 0.4) is 0 Å². The zero-order valence-electron chi connectivity index (χ0n) is 11.1. The van der Waals surface area contributed by atoms with Crippen LogP contribution in [0.4, 0.5) is 16.2 Å². The second-order valence-electron chi connectivity index (χ2n) is 4.58. The van der Waals surface area contributed by atoms with Crippen molar-refractivity contribution in [3.05, 3.63) is 23.8 Å². The molecule has 1 fully saturated rings. The number of amides is 4. The SMILES string of the molecule is Cc1cc(N)ccc1NC(=O)CCN1C(=O)CNC1=O. The van der Waals surface area contributed by atoms with Crippen molar-refractivity contribution in [2.45, 2.75) is 13.3 Å². The van der Waals surface area contributed by atoms with Gasteiger partial charge in [-0.25, -0.2) is 4.79 Å². The third-order valence-electron chi connectivity index (χ3n) is 3.02. The molecule has 20 heavy (non-hydrogen) atoms. The molecule has 0 aromatic heterocycles. The van der Waals surface area contributed by atoms with Crippen LogP contribution in [0.2, 0.25) is 0 Å². The van der Waals surface area contributed by atoms with Gasteiger partial charge in [0, 0.05) is 24.3 Å². The molecule has 7 nitrogen and oxygen atoms in total. The molecule has 7 heteroatoms. The number of anilines is 2. The average Bonchev–Trinajstić information content (AvgIpc) is 2.70. The number of urea groups is 1. The van der Waals surface area contributed by atoms with E-state index in [0.717, 1.165) is 10.5 Å². The maximum Gasteiger partial charge on any atom is 0.324 e. The number of carbonyl (C=O) groups excluding carboxylic acids is 3. The van der Waals surface area contributed by atoms with Crippen LogP contribution >= 0.6 is 0 Å². The minimum atomic E-state index is -0.452. The third kappa shape index (κ3) is 3.05. The lowest BCUT2D eigenvalue weighted by molar-refractivity contribution is -0.125. The fraction of sp³-hybridized carbons (Fsp3) is 0.308. The summed E-state index contributed by atoms with van der Waals surface area (Å²) in [6.07, 6.45) is 0.0585. The van der Waals surface area contributed by atoms with Gasteiger partial charge >= 0.3 is 6.03 Å². The van der Waals surface area contributed by atoms with E-state index in [0.29, 0.717) is 11.4 Å².